The number of hydrogen-bond acceptors (Lipinski definition) is 3. The van der Waals surface area contributed by atoms with Gasteiger partial charge in [0.2, 0.25) is 11.8 Å². The molecule has 0 aliphatic carbocycles. The van der Waals surface area contributed by atoms with E-state index < -0.39 is 6.04 Å². The Bertz CT molecular complexity index is 841. The summed E-state index contributed by atoms with van der Waals surface area (Å²) in [6.07, 6.45) is 0.822. The fourth-order valence-electron chi connectivity index (χ4n) is 2.88. The SMILES string of the molecule is CC[C@@H](C)NC(=O)[C@H](C)N(Cc1ccc(C)cc1)C(=O)CSCc1ccccc1F. The molecule has 2 aromatic carbocycles. The molecule has 0 unspecified atom stereocenters. The smallest absolute Gasteiger partial charge is 0.242 e. The fraction of sp³-hybridized carbons (Fsp3) is 0.417. The average molecular weight is 431 g/mol. The van der Waals surface area contributed by atoms with Gasteiger partial charge in [-0.3, -0.25) is 9.59 Å². The maximum atomic E-state index is 13.8. The van der Waals surface area contributed by atoms with E-state index >= 15 is 0 Å². The van der Waals surface area contributed by atoms with Crippen LogP contribution in [0.15, 0.2) is 48.5 Å². The van der Waals surface area contributed by atoms with E-state index in [1.165, 1.54) is 17.8 Å². The Hall–Kier alpha value is -2.34. The van der Waals surface area contributed by atoms with Gasteiger partial charge in [-0.2, -0.15) is 0 Å². The molecule has 0 fully saturated rings. The van der Waals surface area contributed by atoms with Crippen LogP contribution in [0.2, 0.25) is 0 Å². The lowest BCUT2D eigenvalue weighted by atomic mass is 10.1. The molecule has 0 saturated heterocycles. The summed E-state index contributed by atoms with van der Waals surface area (Å²) in [4.78, 5) is 27.3. The van der Waals surface area contributed by atoms with Gasteiger partial charge in [0.05, 0.1) is 5.75 Å². The van der Waals surface area contributed by atoms with Gasteiger partial charge in [0, 0.05) is 18.3 Å². The van der Waals surface area contributed by atoms with Crippen LogP contribution in [0.25, 0.3) is 0 Å². The molecule has 0 aliphatic rings. The summed E-state index contributed by atoms with van der Waals surface area (Å²) < 4.78 is 13.8. The Kier molecular flexibility index (Phi) is 9.37. The van der Waals surface area contributed by atoms with Gasteiger partial charge in [-0.1, -0.05) is 55.0 Å². The Morgan fingerprint density at radius 3 is 2.40 bits per heavy atom. The second kappa shape index (κ2) is 11.7. The largest absolute Gasteiger partial charge is 0.352 e. The predicted molar refractivity (Wildman–Crippen MR) is 122 cm³/mol. The van der Waals surface area contributed by atoms with Crippen LogP contribution in [0.1, 0.15) is 43.9 Å². The van der Waals surface area contributed by atoms with Gasteiger partial charge >= 0.3 is 0 Å². The van der Waals surface area contributed by atoms with E-state index in [1.807, 2.05) is 45.0 Å². The van der Waals surface area contributed by atoms with Crippen LogP contribution < -0.4 is 5.32 Å². The van der Waals surface area contributed by atoms with Crippen molar-refractivity contribution in [2.45, 2.75) is 58.5 Å². The number of carbonyl (C=O) groups excluding carboxylic acids is 2. The number of thioether (sulfide) groups is 1. The molecular weight excluding hydrogens is 399 g/mol. The van der Waals surface area contributed by atoms with Gasteiger partial charge in [0.15, 0.2) is 0 Å². The monoisotopic (exact) mass is 430 g/mol. The zero-order valence-electron chi connectivity index (χ0n) is 18.2. The summed E-state index contributed by atoms with van der Waals surface area (Å²) in [5.74, 6) is 0.0219. The van der Waals surface area contributed by atoms with Crippen molar-refractivity contribution in [3.8, 4) is 0 Å². The Morgan fingerprint density at radius 1 is 1.10 bits per heavy atom. The maximum absolute atomic E-state index is 13.8. The lowest BCUT2D eigenvalue weighted by molar-refractivity contribution is -0.138. The number of rotatable bonds is 10. The molecule has 0 aliphatic heterocycles. The lowest BCUT2D eigenvalue weighted by Crippen LogP contribution is -2.50. The van der Waals surface area contributed by atoms with Gasteiger partial charge in [-0.05, 0) is 44.4 Å². The number of amides is 2. The molecule has 0 saturated carbocycles. The summed E-state index contributed by atoms with van der Waals surface area (Å²) in [5, 5.41) is 2.96. The van der Waals surface area contributed by atoms with Crippen LogP contribution in [-0.2, 0) is 21.9 Å². The van der Waals surface area contributed by atoms with Crippen LogP contribution in [0.3, 0.4) is 0 Å². The van der Waals surface area contributed by atoms with Crippen molar-refractivity contribution in [2.24, 2.45) is 0 Å². The van der Waals surface area contributed by atoms with Crippen LogP contribution in [0, 0.1) is 12.7 Å². The normalized spacial score (nSPS) is 12.8. The minimum absolute atomic E-state index is 0.0479. The third-order valence-corrected chi connectivity index (χ3v) is 6.05. The summed E-state index contributed by atoms with van der Waals surface area (Å²) in [6.45, 7) is 8.07. The first-order valence-corrected chi connectivity index (χ1v) is 11.4. The summed E-state index contributed by atoms with van der Waals surface area (Å²) in [5.41, 5.74) is 2.68. The van der Waals surface area contributed by atoms with Gasteiger partial charge in [0.25, 0.3) is 0 Å². The standard InChI is InChI=1S/C24H31FN2O2S/c1-5-18(3)26-24(29)19(4)27(14-20-12-10-17(2)11-13-20)23(28)16-30-15-21-8-6-7-9-22(21)25/h6-13,18-19H,5,14-16H2,1-4H3,(H,26,29)/t18-,19+/m1/s1. The molecule has 1 N–H and O–H groups in total. The first kappa shape index (κ1) is 23.9. The molecule has 162 valence electrons. The van der Waals surface area contributed by atoms with E-state index in [1.54, 1.807) is 30.0 Å². The zero-order valence-corrected chi connectivity index (χ0v) is 19.0. The fourth-order valence-corrected chi connectivity index (χ4v) is 3.78. The Balaban J connectivity index is 2.08. The van der Waals surface area contributed by atoms with E-state index in [-0.39, 0.29) is 29.4 Å². The van der Waals surface area contributed by atoms with Gasteiger partial charge in [-0.15, -0.1) is 11.8 Å². The second-order valence-electron chi connectivity index (χ2n) is 7.59. The third kappa shape index (κ3) is 7.17. The first-order valence-electron chi connectivity index (χ1n) is 10.3. The quantitative estimate of drug-likeness (QED) is 0.594. The number of nitrogens with one attached hydrogen (secondary N) is 1. The highest BCUT2D eigenvalue weighted by Crippen LogP contribution is 2.18. The van der Waals surface area contributed by atoms with Crippen molar-refractivity contribution in [3.05, 3.63) is 71.0 Å². The Morgan fingerprint density at radius 2 is 1.77 bits per heavy atom. The maximum Gasteiger partial charge on any atom is 0.242 e. The highest BCUT2D eigenvalue weighted by atomic mass is 32.2. The molecule has 2 atom stereocenters. The minimum atomic E-state index is -0.595. The van der Waals surface area contributed by atoms with Crippen molar-refractivity contribution >= 4 is 23.6 Å². The van der Waals surface area contributed by atoms with E-state index in [2.05, 4.69) is 5.32 Å². The van der Waals surface area contributed by atoms with Crippen molar-refractivity contribution in [3.63, 3.8) is 0 Å². The molecular formula is C24H31FN2O2S. The van der Waals surface area contributed by atoms with Crippen LogP contribution in [0.5, 0.6) is 0 Å². The van der Waals surface area contributed by atoms with Crippen LogP contribution in [0.4, 0.5) is 4.39 Å². The number of nitrogens with zero attached hydrogens (tertiary/aromatic N) is 1. The van der Waals surface area contributed by atoms with Crippen LogP contribution in [-0.4, -0.2) is 34.6 Å². The van der Waals surface area contributed by atoms with Gasteiger partial charge in [0.1, 0.15) is 11.9 Å². The molecule has 6 heteroatoms. The van der Waals surface area contributed by atoms with Gasteiger partial charge < -0.3 is 10.2 Å². The van der Waals surface area contributed by atoms with E-state index in [0.29, 0.717) is 17.9 Å². The van der Waals surface area contributed by atoms with Crippen LogP contribution >= 0.6 is 11.8 Å². The molecule has 0 radical (unpaired) electrons. The number of aryl methyl sites for hydroxylation is 1. The predicted octanol–water partition coefficient (Wildman–Crippen LogP) is 4.70. The number of halogens is 1. The van der Waals surface area contributed by atoms with E-state index in [9.17, 15) is 14.0 Å². The molecule has 30 heavy (non-hydrogen) atoms. The highest BCUT2D eigenvalue weighted by molar-refractivity contribution is 7.99. The van der Waals surface area contributed by atoms with Crippen molar-refractivity contribution < 1.29 is 14.0 Å². The van der Waals surface area contributed by atoms with Crippen molar-refractivity contribution in [1.82, 2.24) is 10.2 Å². The molecule has 0 spiro atoms. The lowest BCUT2D eigenvalue weighted by Gasteiger charge is -2.29. The average Bonchev–Trinajstić information content (AvgIpc) is 2.73. The van der Waals surface area contributed by atoms with Crippen molar-refractivity contribution in [1.29, 1.82) is 0 Å². The zero-order chi connectivity index (χ0) is 22.1. The number of carbonyl (C=O) groups is 2. The summed E-state index contributed by atoms with van der Waals surface area (Å²) in [7, 11) is 0. The van der Waals surface area contributed by atoms with Gasteiger partial charge in [-0.25, -0.2) is 4.39 Å². The second-order valence-corrected chi connectivity index (χ2v) is 8.57. The summed E-state index contributed by atoms with van der Waals surface area (Å²) >= 11 is 1.35. The Labute approximate surface area is 183 Å². The molecule has 2 aromatic rings. The third-order valence-electron chi connectivity index (χ3n) is 5.08. The minimum Gasteiger partial charge on any atom is -0.352 e. The molecule has 2 rings (SSSR count). The molecule has 0 aromatic heterocycles. The number of hydrogen-bond donors (Lipinski definition) is 1. The van der Waals surface area contributed by atoms with E-state index in [4.69, 9.17) is 0 Å². The van der Waals surface area contributed by atoms with E-state index in [0.717, 1.165) is 17.5 Å². The number of benzene rings is 2. The highest BCUT2D eigenvalue weighted by Gasteiger charge is 2.26. The van der Waals surface area contributed by atoms with Crippen molar-refractivity contribution in [2.75, 3.05) is 5.75 Å². The summed E-state index contributed by atoms with van der Waals surface area (Å²) in [6, 6.07) is 14.0. The molecule has 2 amide bonds. The topological polar surface area (TPSA) is 49.4 Å². The molecule has 4 nitrogen and oxygen atoms in total. The molecule has 0 bridgehead atoms. The first-order chi connectivity index (χ1) is 14.3. The molecule has 0 heterocycles.